The number of anilines is 1. The third-order valence-corrected chi connectivity index (χ3v) is 4.13. The molecule has 0 aliphatic rings. The van der Waals surface area contributed by atoms with Gasteiger partial charge in [0.2, 0.25) is 0 Å². The highest BCUT2D eigenvalue weighted by molar-refractivity contribution is 6.35. The van der Waals surface area contributed by atoms with Gasteiger partial charge in [-0.25, -0.2) is 4.79 Å². The molecule has 7 nitrogen and oxygen atoms in total. The van der Waals surface area contributed by atoms with Crippen LogP contribution >= 0.6 is 23.2 Å². The number of nitro benzene ring substituents is 1. The number of ether oxygens (including phenoxy) is 1. The Morgan fingerprint density at radius 2 is 1.92 bits per heavy atom. The van der Waals surface area contributed by atoms with E-state index in [9.17, 15) is 19.7 Å². The topological polar surface area (TPSA) is 98.5 Å². The van der Waals surface area contributed by atoms with Crippen LogP contribution in [0.25, 0.3) is 0 Å². The summed E-state index contributed by atoms with van der Waals surface area (Å²) >= 11 is 11.8. The molecule has 0 saturated heterocycles. The van der Waals surface area contributed by atoms with Gasteiger partial charge in [-0.15, -0.1) is 0 Å². The van der Waals surface area contributed by atoms with E-state index in [1.165, 1.54) is 44.2 Å². The van der Waals surface area contributed by atoms with Crippen molar-refractivity contribution in [3.8, 4) is 0 Å². The number of hydrogen-bond acceptors (Lipinski definition) is 5. The molecule has 26 heavy (non-hydrogen) atoms. The van der Waals surface area contributed by atoms with Gasteiger partial charge in [0.25, 0.3) is 11.6 Å². The molecule has 0 aromatic heterocycles. The Morgan fingerprint density at radius 1 is 1.23 bits per heavy atom. The number of nitrogens with one attached hydrogen (secondary N) is 1. The van der Waals surface area contributed by atoms with Crippen LogP contribution in [0.3, 0.4) is 0 Å². The largest absolute Gasteiger partial charge is 0.449 e. The van der Waals surface area contributed by atoms with Gasteiger partial charge < -0.3 is 10.1 Å². The third kappa shape index (κ3) is 4.50. The lowest BCUT2D eigenvalue weighted by atomic mass is 10.1. The Labute approximate surface area is 159 Å². The first kappa shape index (κ1) is 19.7. The lowest BCUT2D eigenvalue weighted by molar-refractivity contribution is -0.385. The number of hydrogen-bond donors (Lipinski definition) is 1. The van der Waals surface area contributed by atoms with Crippen LogP contribution in [-0.2, 0) is 9.53 Å². The van der Waals surface area contributed by atoms with Crippen molar-refractivity contribution in [1.29, 1.82) is 0 Å². The third-order valence-electron chi connectivity index (χ3n) is 3.56. The molecule has 0 bridgehead atoms. The summed E-state index contributed by atoms with van der Waals surface area (Å²) in [7, 11) is 0. The average molecular weight is 397 g/mol. The molecule has 0 unspecified atom stereocenters. The SMILES string of the molecule is Cc1c(C(=O)O[C@@H](C)C(=O)Nc2cc(Cl)ccc2Cl)cccc1[N+](=O)[O-]. The van der Waals surface area contributed by atoms with E-state index < -0.39 is 22.9 Å². The predicted molar refractivity (Wildman–Crippen MR) is 97.8 cm³/mol. The summed E-state index contributed by atoms with van der Waals surface area (Å²) in [6.45, 7) is 2.81. The molecule has 0 heterocycles. The number of amides is 1. The summed E-state index contributed by atoms with van der Waals surface area (Å²) in [4.78, 5) is 34.8. The van der Waals surface area contributed by atoms with Crippen LogP contribution in [0.1, 0.15) is 22.8 Å². The second kappa shape index (κ2) is 8.16. The molecule has 2 aromatic carbocycles. The number of rotatable bonds is 5. The Balaban J connectivity index is 2.12. The highest BCUT2D eigenvalue weighted by Crippen LogP contribution is 2.26. The summed E-state index contributed by atoms with van der Waals surface area (Å²) in [5.41, 5.74) is 0.244. The van der Waals surface area contributed by atoms with Gasteiger partial charge in [0.1, 0.15) is 0 Å². The van der Waals surface area contributed by atoms with Crippen molar-refractivity contribution >= 4 is 46.5 Å². The fourth-order valence-corrected chi connectivity index (χ4v) is 2.48. The molecule has 0 fully saturated rings. The van der Waals surface area contributed by atoms with Crippen LogP contribution in [0.4, 0.5) is 11.4 Å². The number of benzene rings is 2. The fraction of sp³-hybridized carbons (Fsp3) is 0.176. The molecule has 136 valence electrons. The summed E-state index contributed by atoms with van der Waals surface area (Å²) in [6.07, 6.45) is -1.16. The second-order valence-electron chi connectivity index (χ2n) is 5.37. The molecule has 0 radical (unpaired) electrons. The maximum atomic E-state index is 12.3. The van der Waals surface area contributed by atoms with Gasteiger partial charge >= 0.3 is 5.97 Å². The Hall–Kier alpha value is -2.64. The minimum absolute atomic E-state index is 0.0136. The first-order valence-electron chi connectivity index (χ1n) is 7.41. The number of halogens is 2. The van der Waals surface area contributed by atoms with E-state index in [1.54, 1.807) is 6.07 Å². The summed E-state index contributed by atoms with van der Waals surface area (Å²) in [6, 6.07) is 8.59. The first-order valence-corrected chi connectivity index (χ1v) is 8.17. The molecule has 0 aliphatic heterocycles. The highest BCUT2D eigenvalue weighted by Gasteiger charge is 2.23. The molecule has 0 aliphatic carbocycles. The van der Waals surface area contributed by atoms with Gasteiger partial charge in [0, 0.05) is 16.7 Å². The van der Waals surface area contributed by atoms with E-state index in [0.717, 1.165) is 0 Å². The van der Waals surface area contributed by atoms with Crippen LogP contribution in [0.2, 0.25) is 10.0 Å². The minimum atomic E-state index is -1.16. The molecular weight excluding hydrogens is 383 g/mol. The second-order valence-corrected chi connectivity index (χ2v) is 6.21. The zero-order chi connectivity index (χ0) is 19.4. The quantitative estimate of drug-likeness (QED) is 0.458. The number of esters is 1. The van der Waals surface area contributed by atoms with Gasteiger partial charge in [-0.2, -0.15) is 0 Å². The van der Waals surface area contributed by atoms with E-state index in [2.05, 4.69) is 5.32 Å². The van der Waals surface area contributed by atoms with Crippen molar-refractivity contribution in [3.63, 3.8) is 0 Å². The van der Waals surface area contributed by atoms with Gasteiger partial charge in [-0.1, -0.05) is 29.3 Å². The molecule has 1 atom stereocenters. The van der Waals surface area contributed by atoms with Crippen LogP contribution < -0.4 is 5.32 Å². The molecule has 0 saturated carbocycles. The van der Waals surface area contributed by atoms with Crippen molar-refractivity contribution in [2.75, 3.05) is 5.32 Å². The summed E-state index contributed by atoms with van der Waals surface area (Å²) < 4.78 is 5.11. The molecule has 2 aromatic rings. The minimum Gasteiger partial charge on any atom is -0.449 e. The lowest BCUT2D eigenvalue weighted by Crippen LogP contribution is -2.30. The van der Waals surface area contributed by atoms with Crippen LogP contribution in [0.15, 0.2) is 36.4 Å². The molecule has 1 amide bonds. The van der Waals surface area contributed by atoms with Crippen molar-refractivity contribution in [1.82, 2.24) is 0 Å². The van der Waals surface area contributed by atoms with E-state index in [1.807, 2.05) is 0 Å². The standard InChI is InChI=1S/C17H14Cl2N2O5/c1-9-12(4-3-5-15(9)21(24)25)17(23)26-10(2)16(22)20-14-8-11(18)6-7-13(14)19/h3-8,10H,1-2H3,(H,20,22)/t10-/m0/s1. The molecule has 2 rings (SSSR count). The molecule has 1 N–H and O–H groups in total. The van der Waals surface area contributed by atoms with E-state index in [-0.39, 0.29) is 27.5 Å². The van der Waals surface area contributed by atoms with E-state index >= 15 is 0 Å². The van der Waals surface area contributed by atoms with E-state index in [0.29, 0.717) is 5.02 Å². The van der Waals surface area contributed by atoms with Gasteiger partial charge in [-0.3, -0.25) is 14.9 Å². The normalized spacial score (nSPS) is 11.5. The smallest absolute Gasteiger partial charge is 0.339 e. The predicted octanol–water partition coefficient (Wildman–Crippen LogP) is 4.39. The zero-order valence-electron chi connectivity index (χ0n) is 13.8. The summed E-state index contributed by atoms with van der Waals surface area (Å²) in [5, 5.41) is 14.1. The van der Waals surface area contributed by atoms with Crippen molar-refractivity contribution in [2.45, 2.75) is 20.0 Å². The number of nitro groups is 1. The number of carbonyl (C=O) groups excluding carboxylic acids is 2. The van der Waals surface area contributed by atoms with Crippen LogP contribution in [0, 0.1) is 17.0 Å². The van der Waals surface area contributed by atoms with Gasteiger partial charge in [0.15, 0.2) is 6.10 Å². The number of nitrogens with zero attached hydrogens (tertiary/aromatic N) is 1. The highest BCUT2D eigenvalue weighted by atomic mass is 35.5. The Kier molecular flexibility index (Phi) is 6.18. The fourth-order valence-electron chi connectivity index (χ4n) is 2.15. The van der Waals surface area contributed by atoms with Gasteiger partial charge in [0.05, 0.1) is 21.2 Å². The van der Waals surface area contributed by atoms with Gasteiger partial charge in [-0.05, 0) is 38.1 Å². The lowest BCUT2D eigenvalue weighted by Gasteiger charge is -2.15. The maximum Gasteiger partial charge on any atom is 0.339 e. The zero-order valence-corrected chi connectivity index (χ0v) is 15.3. The average Bonchev–Trinajstić information content (AvgIpc) is 2.57. The molecule has 9 heteroatoms. The monoisotopic (exact) mass is 396 g/mol. The maximum absolute atomic E-state index is 12.3. The molecule has 0 spiro atoms. The van der Waals surface area contributed by atoms with Crippen molar-refractivity contribution in [2.24, 2.45) is 0 Å². The Bertz CT molecular complexity index is 885. The van der Waals surface area contributed by atoms with Crippen molar-refractivity contribution in [3.05, 3.63) is 67.7 Å². The number of carbonyl (C=O) groups is 2. The first-order chi connectivity index (χ1) is 12.2. The van der Waals surface area contributed by atoms with Crippen LogP contribution in [0.5, 0.6) is 0 Å². The summed E-state index contributed by atoms with van der Waals surface area (Å²) in [5.74, 6) is -1.46. The Morgan fingerprint density at radius 3 is 2.58 bits per heavy atom. The molecular formula is C17H14Cl2N2O5. The van der Waals surface area contributed by atoms with Crippen molar-refractivity contribution < 1.29 is 19.2 Å². The van der Waals surface area contributed by atoms with E-state index in [4.69, 9.17) is 27.9 Å². The van der Waals surface area contributed by atoms with Crippen LogP contribution in [-0.4, -0.2) is 22.9 Å².